The third kappa shape index (κ3) is 1.85. The van der Waals surface area contributed by atoms with E-state index in [-0.39, 0.29) is 6.42 Å². The lowest BCUT2D eigenvalue weighted by molar-refractivity contribution is -0.136. The number of fused-ring (bicyclic) bond motifs is 1. The SMILES string of the molecule is O=C(O)Cc1nn2c(c1C1CCCC1)CCC2. The standard InChI is InChI=1S/C13H18N2O2/c16-12(17)8-10-13(9-4-1-2-5-9)11-6-3-7-15(11)14-10/h9H,1-8H2,(H,16,17). The smallest absolute Gasteiger partial charge is 0.309 e. The zero-order valence-corrected chi connectivity index (χ0v) is 9.98. The molecule has 4 nitrogen and oxygen atoms in total. The molecule has 1 aliphatic carbocycles. The van der Waals surface area contributed by atoms with Gasteiger partial charge in [-0.2, -0.15) is 5.10 Å². The molecule has 0 aromatic carbocycles. The van der Waals surface area contributed by atoms with Crippen molar-refractivity contribution >= 4 is 5.97 Å². The first-order chi connectivity index (χ1) is 8.25. The van der Waals surface area contributed by atoms with Crippen LogP contribution < -0.4 is 0 Å². The summed E-state index contributed by atoms with van der Waals surface area (Å²) in [5, 5.41) is 13.5. The molecule has 1 aromatic rings. The molecule has 0 bridgehead atoms. The maximum absolute atomic E-state index is 10.9. The lowest BCUT2D eigenvalue weighted by Gasteiger charge is -2.10. The first kappa shape index (κ1) is 10.8. The summed E-state index contributed by atoms with van der Waals surface area (Å²) >= 11 is 0. The normalized spacial score (nSPS) is 19.8. The predicted molar refractivity (Wildman–Crippen MR) is 63.1 cm³/mol. The van der Waals surface area contributed by atoms with Crippen LogP contribution in [0, 0.1) is 0 Å². The van der Waals surface area contributed by atoms with Gasteiger partial charge in [-0.05, 0) is 31.6 Å². The molecule has 1 aliphatic heterocycles. The highest BCUT2D eigenvalue weighted by Crippen LogP contribution is 2.39. The molecule has 92 valence electrons. The Morgan fingerprint density at radius 3 is 2.82 bits per heavy atom. The van der Waals surface area contributed by atoms with E-state index in [0.717, 1.165) is 25.1 Å². The zero-order chi connectivity index (χ0) is 11.8. The van der Waals surface area contributed by atoms with Crippen molar-refractivity contribution in [1.29, 1.82) is 0 Å². The van der Waals surface area contributed by atoms with Crippen molar-refractivity contribution in [2.24, 2.45) is 0 Å². The van der Waals surface area contributed by atoms with Crippen molar-refractivity contribution < 1.29 is 9.90 Å². The Hall–Kier alpha value is -1.32. The van der Waals surface area contributed by atoms with Crippen molar-refractivity contribution in [2.45, 2.75) is 57.4 Å². The van der Waals surface area contributed by atoms with Gasteiger partial charge in [0.25, 0.3) is 0 Å². The minimum atomic E-state index is -0.763. The van der Waals surface area contributed by atoms with Crippen LogP contribution in [-0.2, 0) is 24.2 Å². The topological polar surface area (TPSA) is 55.1 Å². The van der Waals surface area contributed by atoms with Crippen molar-refractivity contribution in [3.8, 4) is 0 Å². The molecule has 0 atom stereocenters. The van der Waals surface area contributed by atoms with Gasteiger partial charge >= 0.3 is 5.97 Å². The second kappa shape index (κ2) is 4.17. The van der Waals surface area contributed by atoms with Crippen LogP contribution >= 0.6 is 0 Å². The van der Waals surface area contributed by atoms with E-state index < -0.39 is 5.97 Å². The molecule has 1 fully saturated rings. The Morgan fingerprint density at radius 2 is 2.12 bits per heavy atom. The molecule has 4 heteroatoms. The van der Waals surface area contributed by atoms with Crippen LogP contribution in [0.15, 0.2) is 0 Å². The summed E-state index contributed by atoms with van der Waals surface area (Å²) in [6.45, 7) is 0.967. The number of carboxylic acids is 1. The van der Waals surface area contributed by atoms with Crippen LogP contribution in [-0.4, -0.2) is 20.9 Å². The number of nitrogens with zero attached hydrogens (tertiary/aromatic N) is 2. The molecular weight excluding hydrogens is 216 g/mol. The highest BCUT2D eigenvalue weighted by molar-refractivity contribution is 5.70. The first-order valence-corrected chi connectivity index (χ1v) is 6.56. The fraction of sp³-hybridized carbons (Fsp3) is 0.692. The van der Waals surface area contributed by atoms with E-state index in [2.05, 4.69) is 5.10 Å². The van der Waals surface area contributed by atoms with Crippen LogP contribution in [0.4, 0.5) is 0 Å². The van der Waals surface area contributed by atoms with E-state index in [1.807, 2.05) is 4.68 Å². The fourth-order valence-electron chi connectivity index (χ4n) is 3.37. The number of hydrogen-bond donors (Lipinski definition) is 1. The highest BCUT2D eigenvalue weighted by Gasteiger charge is 2.29. The Balaban J connectivity index is 1.99. The number of aryl methyl sites for hydroxylation is 1. The molecule has 17 heavy (non-hydrogen) atoms. The summed E-state index contributed by atoms with van der Waals surface area (Å²) in [7, 11) is 0. The molecule has 0 spiro atoms. The quantitative estimate of drug-likeness (QED) is 0.871. The molecule has 1 saturated carbocycles. The predicted octanol–water partition coefficient (Wildman–Crippen LogP) is 2.11. The minimum absolute atomic E-state index is 0.0891. The van der Waals surface area contributed by atoms with Gasteiger partial charge in [-0.25, -0.2) is 0 Å². The maximum Gasteiger partial charge on any atom is 0.309 e. The molecule has 0 unspecified atom stereocenters. The summed E-state index contributed by atoms with van der Waals surface area (Å²) in [4.78, 5) is 10.9. The monoisotopic (exact) mass is 234 g/mol. The van der Waals surface area contributed by atoms with E-state index in [0.29, 0.717) is 5.92 Å². The Kier molecular flexibility index (Phi) is 2.65. The zero-order valence-electron chi connectivity index (χ0n) is 9.98. The highest BCUT2D eigenvalue weighted by atomic mass is 16.4. The first-order valence-electron chi connectivity index (χ1n) is 6.56. The number of hydrogen-bond acceptors (Lipinski definition) is 2. The van der Waals surface area contributed by atoms with E-state index in [1.165, 1.54) is 36.9 Å². The van der Waals surface area contributed by atoms with Crippen molar-refractivity contribution in [3.63, 3.8) is 0 Å². The van der Waals surface area contributed by atoms with Crippen LogP contribution in [0.2, 0.25) is 0 Å². The fourth-order valence-corrected chi connectivity index (χ4v) is 3.37. The van der Waals surface area contributed by atoms with Gasteiger partial charge in [0.1, 0.15) is 0 Å². The van der Waals surface area contributed by atoms with Crippen LogP contribution in [0.3, 0.4) is 0 Å². The van der Waals surface area contributed by atoms with E-state index in [4.69, 9.17) is 5.11 Å². The minimum Gasteiger partial charge on any atom is -0.481 e. The van der Waals surface area contributed by atoms with Gasteiger partial charge in [-0.15, -0.1) is 0 Å². The average molecular weight is 234 g/mol. The third-order valence-corrected chi connectivity index (χ3v) is 4.04. The molecule has 1 N–H and O–H groups in total. The summed E-state index contributed by atoms with van der Waals surface area (Å²) in [6, 6.07) is 0. The van der Waals surface area contributed by atoms with Gasteiger partial charge in [0.2, 0.25) is 0 Å². The van der Waals surface area contributed by atoms with E-state index >= 15 is 0 Å². The maximum atomic E-state index is 10.9. The van der Waals surface area contributed by atoms with E-state index in [1.54, 1.807) is 0 Å². The third-order valence-electron chi connectivity index (χ3n) is 4.04. The molecular formula is C13H18N2O2. The van der Waals surface area contributed by atoms with Gasteiger partial charge in [0.15, 0.2) is 0 Å². The number of carboxylic acid groups (broad SMARTS) is 1. The molecule has 2 aliphatic rings. The lowest BCUT2D eigenvalue weighted by Crippen LogP contribution is -2.06. The summed E-state index contributed by atoms with van der Waals surface area (Å²) < 4.78 is 2.05. The number of rotatable bonds is 3. The largest absolute Gasteiger partial charge is 0.481 e. The Morgan fingerprint density at radius 1 is 1.35 bits per heavy atom. The second-order valence-electron chi connectivity index (χ2n) is 5.19. The lowest BCUT2D eigenvalue weighted by atomic mass is 9.93. The molecule has 0 radical (unpaired) electrons. The summed E-state index contributed by atoms with van der Waals surface area (Å²) in [5.41, 5.74) is 3.45. The van der Waals surface area contributed by atoms with Gasteiger partial charge in [0, 0.05) is 17.8 Å². The Labute approximate surface area is 101 Å². The van der Waals surface area contributed by atoms with Crippen LogP contribution in [0.5, 0.6) is 0 Å². The van der Waals surface area contributed by atoms with Gasteiger partial charge < -0.3 is 5.11 Å². The summed E-state index contributed by atoms with van der Waals surface area (Å²) in [6.07, 6.45) is 7.32. The van der Waals surface area contributed by atoms with Crippen molar-refractivity contribution in [3.05, 3.63) is 17.0 Å². The van der Waals surface area contributed by atoms with Gasteiger partial charge in [-0.1, -0.05) is 12.8 Å². The second-order valence-corrected chi connectivity index (χ2v) is 5.19. The van der Waals surface area contributed by atoms with E-state index in [9.17, 15) is 4.79 Å². The summed E-state index contributed by atoms with van der Waals surface area (Å²) in [5.74, 6) is -0.188. The average Bonchev–Trinajstić information content (AvgIpc) is 2.90. The molecule has 0 saturated heterocycles. The van der Waals surface area contributed by atoms with Gasteiger partial charge in [-0.3, -0.25) is 9.48 Å². The van der Waals surface area contributed by atoms with Crippen LogP contribution in [0.1, 0.15) is 55.0 Å². The number of carbonyl (C=O) groups is 1. The van der Waals surface area contributed by atoms with Crippen molar-refractivity contribution in [1.82, 2.24) is 9.78 Å². The molecule has 1 aromatic heterocycles. The number of aliphatic carboxylic acids is 1. The van der Waals surface area contributed by atoms with Crippen molar-refractivity contribution in [2.75, 3.05) is 0 Å². The molecule has 2 heterocycles. The van der Waals surface area contributed by atoms with Crippen LogP contribution in [0.25, 0.3) is 0 Å². The number of aromatic nitrogens is 2. The van der Waals surface area contributed by atoms with Gasteiger partial charge in [0.05, 0.1) is 12.1 Å². The molecule has 3 rings (SSSR count). The Bertz CT molecular complexity index is 445. The molecule has 0 amide bonds.